The van der Waals surface area contributed by atoms with Crippen LogP contribution in [0, 0.1) is 5.82 Å². The first kappa shape index (κ1) is 21.7. The summed E-state index contributed by atoms with van der Waals surface area (Å²) >= 11 is 0. The predicted molar refractivity (Wildman–Crippen MR) is 120 cm³/mol. The van der Waals surface area contributed by atoms with Crippen molar-refractivity contribution in [2.45, 2.75) is 38.8 Å². The molecular formula is C23H27FN6O2. The van der Waals surface area contributed by atoms with E-state index in [0.717, 1.165) is 24.6 Å². The second-order valence-electron chi connectivity index (χ2n) is 8.15. The molecule has 1 fully saturated rings. The fraction of sp³-hybridized carbons (Fsp3) is 0.391. The highest BCUT2D eigenvalue weighted by Gasteiger charge is 2.32. The average molecular weight is 439 g/mol. The minimum atomic E-state index is -0.352. The van der Waals surface area contributed by atoms with Crippen LogP contribution in [0.3, 0.4) is 0 Å². The highest BCUT2D eigenvalue weighted by molar-refractivity contribution is 5.98. The van der Waals surface area contributed by atoms with Crippen molar-refractivity contribution < 1.29 is 14.0 Å². The van der Waals surface area contributed by atoms with Crippen molar-refractivity contribution in [2.24, 2.45) is 0 Å². The van der Waals surface area contributed by atoms with Gasteiger partial charge in [-0.1, -0.05) is 0 Å². The fourth-order valence-corrected chi connectivity index (χ4v) is 4.04. The van der Waals surface area contributed by atoms with Crippen LogP contribution in [-0.2, 0) is 11.3 Å². The van der Waals surface area contributed by atoms with Gasteiger partial charge in [-0.25, -0.2) is 14.4 Å². The Morgan fingerprint density at radius 3 is 2.81 bits per heavy atom. The van der Waals surface area contributed by atoms with E-state index < -0.39 is 0 Å². The van der Waals surface area contributed by atoms with Gasteiger partial charge < -0.3 is 20.1 Å². The zero-order valence-electron chi connectivity index (χ0n) is 18.5. The van der Waals surface area contributed by atoms with Gasteiger partial charge in [0.25, 0.3) is 5.91 Å². The van der Waals surface area contributed by atoms with E-state index in [1.807, 2.05) is 6.07 Å². The summed E-state index contributed by atoms with van der Waals surface area (Å²) in [6, 6.07) is 7.70. The van der Waals surface area contributed by atoms with Crippen molar-refractivity contribution in [3.63, 3.8) is 0 Å². The molecule has 3 aromatic rings. The molecule has 168 valence electrons. The molecule has 0 saturated carbocycles. The first-order valence-corrected chi connectivity index (χ1v) is 10.7. The van der Waals surface area contributed by atoms with Gasteiger partial charge in [0, 0.05) is 44.5 Å². The molecule has 4 rings (SSSR count). The third-order valence-corrected chi connectivity index (χ3v) is 5.87. The SMILES string of the molecule is CNc1cc(CN(C)C(C)=O)nc([C@@H]2CCCCN2C(=O)c2cc3ccc(F)cc3[nH]2)n1. The van der Waals surface area contributed by atoms with E-state index in [2.05, 4.69) is 15.3 Å². The summed E-state index contributed by atoms with van der Waals surface area (Å²) in [6.45, 7) is 2.45. The lowest BCUT2D eigenvalue weighted by molar-refractivity contribution is -0.128. The van der Waals surface area contributed by atoms with Crippen LogP contribution in [0.1, 0.15) is 54.2 Å². The zero-order valence-corrected chi connectivity index (χ0v) is 18.5. The Morgan fingerprint density at radius 2 is 2.06 bits per heavy atom. The predicted octanol–water partition coefficient (Wildman–Crippen LogP) is 3.48. The summed E-state index contributed by atoms with van der Waals surface area (Å²) in [7, 11) is 3.50. The van der Waals surface area contributed by atoms with E-state index in [1.165, 1.54) is 19.1 Å². The van der Waals surface area contributed by atoms with E-state index in [0.29, 0.717) is 41.6 Å². The van der Waals surface area contributed by atoms with Crippen LogP contribution < -0.4 is 5.32 Å². The van der Waals surface area contributed by atoms with Crippen LogP contribution in [0.2, 0.25) is 0 Å². The maximum absolute atomic E-state index is 13.6. The number of halogens is 1. The molecule has 1 aliphatic rings. The van der Waals surface area contributed by atoms with Crippen LogP contribution >= 0.6 is 0 Å². The van der Waals surface area contributed by atoms with Crippen LogP contribution in [0.4, 0.5) is 10.2 Å². The molecule has 2 aromatic heterocycles. The molecule has 1 saturated heterocycles. The first-order chi connectivity index (χ1) is 15.4. The van der Waals surface area contributed by atoms with E-state index in [1.54, 1.807) is 36.0 Å². The number of carbonyl (C=O) groups is 2. The molecule has 0 unspecified atom stereocenters. The molecule has 2 amide bonds. The highest BCUT2D eigenvalue weighted by atomic mass is 19.1. The topological polar surface area (TPSA) is 94.2 Å². The lowest BCUT2D eigenvalue weighted by Gasteiger charge is -2.34. The first-order valence-electron chi connectivity index (χ1n) is 10.7. The van der Waals surface area contributed by atoms with Crippen LogP contribution in [0.15, 0.2) is 30.3 Å². The molecule has 9 heteroatoms. The molecule has 2 N–H and O–H groups in total. The monoisotopic (exact) mass is 438 g/mol. The van der Waals surface area contributed by atoms with Crippen molar-refractivity contribution in [1.29, 1.82) is 0 Å². The lowest BCUT2D eigenvalue weighted by Crippen LogP contribution is -2.39. The number of aromatic amines is 1. The van der Waals surface area contributed by atoms with Crippen molar-refractivity contribution >= 4 is 28.5 Å². The summed E-state index contributed by atoms with van der Waals surface area (Å²) in [4.78, 5) is 40.9. The lowest BCUT2D eigenvalue weighted by atomic mass is 10.0. The number of likely N-dealkylation sites (tertiary alicyclic amines) is 1. The Hall–Kier alpha value is -3.49. The van der Waals surface area contributed by atoms with Gasteiger partial charge in [-0.15, -0.1) is 0 Å². The number of carbonyl (C=O) groups excluding carboxylic acids is 2. The quantitative estimate of drug-likeness (QED) is 0.636. The number of amides is 2. The zero-order chi connectivity index (χ0) is 22.8. The summed E-state index contributed by atoms with van der Waals surface area (Å²) in [5, 5.41) is 3.83. The van der Waals surface area contributed by atoms with E-state index >= 15 is 0 Å². The molecule has 0 bridgehead atoms. The number of hydrogen-bond acceptors (Lipinski definition) is 5. The van der Waals surface area contributed by atoms with Gasteiger partial charge in [-0.2, -0.15) is 0 Å². The molecular weight excluding hydrogens is 411 g/mol. The molecule has 0 spiro atoms. The Kier molecular flexibility index (Phi) is 6.07. The minimum Gasteiger partial charge on any atom is -0.373 e. The summed E-state index contributed by atoms with van der Waals surface area (Å²) in [5.74, 6) is 0.627. The Morgan fingerprint density at radius 1 is 1.25 bits per heavy atom. The largest absolute Gasteiger partial charge is 0.373 e. The fourth-order valence-electron chi connectivity index (χ4n) is 4.04. The summed E-state index contributed by atoms with van der Waals surface area (Å²) < 4.78 is 13.6. The molecule has 0 radical (unpaired) electrons. The van der Waals surface area contributed by atoms with E-state index in [-0.39, 0.29) is 23.7 Å². The Bertz CT molecular complexity index is 1160. The van der Waals surface area contributed by atoms with Crippen molar-refractivity contribution in [2.75, 3.05) is 26.0 Å². The molecule has 0 aliphatic carbocycles. The Labute approximate surface area is 185 Å². The third-order valence-electron chi connectivity index (χ3n) is 5.87. The van der Waals surface area contributed by atoms with Gasteiger partial charge in [0.15, 0.2) is 5.82 Å². The molecule has 1 aromatic carbocycles. The van der Waals surface area contributed by atoms with Gasteiger partial charge in [-0.3, -0.25) is 9.59 Å². The number of nitrogens with zero attached hydrogens (tertiary/aromatic N) is 4. The third kappa shape index (κ3) is 4.42. The number of nitrogens with one attached hydrogen (secondary N) is 2. The van der Waals surface area contributed by atoms with Gasteiger partial charge in [0.1, 0.15) is 17.3 Å². The number of piperidine rings is 1. The normalized spacial score (nSPS) is 16.2. The van der Waals surface area contributed by atoms with Crippen LogP contribution in [0.5, 0.6) is 0 Å². The number of rotatable bonds is 5. The molecule has 1 aliphatic heterocycles. The molecule has 1 atom stereocenters. The van der Waals surface area contributed by atoms with Crippen LogP contribution in [-0.4, -0.2) is 57.2 Å². The van der Waals surface area contributed by atoms with Crippen molar-refractivity contribution in [3.8, 4) is 0 Å². The number of H-pyrrole nitrogens is 1. The molecule has 8 nitrogen and oxygen atoms in total. The second-order valence-corrected chi connectivity index (χ2v) is 8.15. The minimum absolute atomic E-state index is 0.0547. The number of hydrogen-bond donors (Lipinski definition) is 2. The summed E-state index contributed by atoms with van der Waals surface area (Å²) in [5.41, 5.74) is 1.71. The van der Waals surface area contributed by atoms with E-state index in [4.69, 9.17) is 4.98 Å². The van der Waals surface area contributed by atoms with Crippen molar-refractivity contribution in [1.82, 2.24) is 24.8 Å². The molecule has 32 heavy (non-hydrogen) atoms. The van der Waals surface area contributed by atoms with Gasteiger partial charge in [0.05, 0.1) is 18.3 Å². The standard InChI is InChI=1S/C23H27FN6O2/c1-14(31)29(3)13-17-12-21(25-2)28-22(26-17)20-6-4-5-9-30(20)23(32)19-10-15-7-8-16(24)11-18(15)27-19/h7-8,10-12,20,27H,4-6,9,13H2,1-3H3,(H,25,26,28)/t20-/m0/s1. The molecule has 3 heterocycles. The maximum atomic E-state index is 13.6. The average Bonchev–Trinajstić information content (AvgIpc) is 3.21. The number of aromatic nitrogens is 3. The number of anilines is 1. The van der Waals surface area contributed by atoms with Gasteiger partial charge in [-0.05, 0) is 43.5 Å². The highest BCUT2D eigenvalue weighted by Crippen LogP contribution is 2.31. The van der Waals surface area contributed by atoms with E-state index in [9.17, 15) is 14.0 Å². The van der Waals surface area contributed by atoms with Gasteiger partial charge in [0.2, 0.25) is 5.91 Å². The van der Waals surface area contributed by atoms with Crippen LogP contribution in [0.25, 0.3) is 10.9 Å². The number of fused-ring (bicyclic) bond motifs is 1. The van der Waals surface area contributed by atoms with Gasteiger partial charge >= 0.3 is 0 Å². The summed E-state index contributed by atoms with van der Waals surface area (Å²) in [6.07, 6.45) is 2.60. The van der Waals surface area contributed by atoms with Crippen molar-refractivity contribution in [3.05, 3.63) is 53.4 Å². The second kappa shape index (κ2) is 8.94. The Balaban J connectivity index is 1.66. The number of benzene rings is 1. The maximum Gasteiger partial charge on any atom is 0.270 e. The smallest absolute Gasteiger partial charge is 0.270 e.